The number of hydrogen-bond donors (Lipinski definition) is 2. The first-order valence-electron chi connectivity index (χ1n) is 20.0. The summed E-state index contributed by atoms with van der Waals surface area (Å²) >= 11 is 0. The Morgan fingerprint density at radius 3 is 1.32 bits per heavy atom. The molecule has 1 aliphatic heterocycles. The molecule has 0 spiro atoms. The molecule has 0 aromatic heterocycles. The average molecular weight is 811 g/mol. The monoisotopic (exact) mass is 811 g/mol. The number of primary amides is 1. The Balaban J connectivity index is -0.00000198. The Labute approximate surface area is 338 Å². The first-order valence-corrected chi connectivity index (χ1v) is 20.0. The highest BCUT2D eigenvalue weighted by Crippen LogP contribution is 2.07. The lowest BCUT2D eigenvalue weighted by Gasteiger charge is -2.24. The molecule has 1 heterocycles. The van der Waals surface area contributed by atoms with Gasteiger partial charge >= 0.3 is 0 Å². The molecule has 0 atom stereocenters. The molecule has 0 bridgehead atoms. The van der Waals surface area contributed by atoms with E-state index in [0.29, 0.717) is 105 Å². The Morgan fingerprint density at radius 2 is 0.964 bits per heavy atom. The van der Waals surface area contributed by atoms with Crippen molar-refractivity contribution in [2.45, 2.75) is 86.1 Å². The van der Waals surface area contributed by atoms with Crippen LogP contribution >= 0.6 is 0 Å². The van der Waals surface area contributed by atoms with Crippen molar-refractivity contribution in [2.75, 3.05) is 125 Å². The van der Waals surface area contributed by atoms with E-state index in [4.69, 9.17) is 43.6 Å². The SMILES string of the molecule is CC.CCC.CCC(C)(C)NC(=O)CCOCCOCCOCCOCCN(CCOCCOCCOCCOCCC(N)=O)C(=O)CCN1C(=O)C=CC1=O.[HH].[HH]. The molecular formula is C39H78N4O13. The minimum atomic E-state index is -0.434. The van der Waals surface area contributed by atoms with E-state index in [1.165, 1.54) is 18.6 Å². The quantitative estimate of drug-likeness (QED) is 0.0700. The largest absolute Gasteiger partial charge is 0.379 e. The van der Waals surface area contributed by atoms with Crippen molar-refractivity contribution in [2.24, 2.45) is 5.73 Å². The van der Waals surface area contributed by atoms with Gasteiger partial charge in [-0.3, -0.25) is 28.9 Å². The molecule has 0 aromatic carbocycles. The van der Waals surface area contributed by atoms with E-state index in [2.05, 4.69) is 19.2 Å². The third-order valence-corrected chi connectivity index (χ3v) is 7.37. The normalized spacial score (nSPS) is 12.2. The van der Waals surface area contributed by atoms with Gasteiger partial charge in [0.1, 0.15) is 0 Å². The van der Waals surface area contributed by atoms with Crippen LogP contribution in [0.25, 0.3) is 0 Å². The summed E-state index contributed by atoms with van der Waals surface area (Å²) in [7, 11) is 0. The number of carbonyl (C=O) groups is 5. The lowest BCUT2D eigenvalue weighted by molar-refractivity contribution is -0.138. The number of nitrogens with two attached hydrogens (primary N) is 1. The van der Waals surface area contributed by atoms with E-state index in [9.17, 15) is 24.0 Å². The van der Waals surface area contributed by atoms with Crippen molar-refractivity contribution in [3.8, 4) is 0 Å². The minimum Gasteiger partial charge on any atom is -0.379 e. The zero-order chi connectivity index (χ0) is 42.3. The van der Waals surface area contributed by atoms with Crippen molar-refractivity contribution < 1.29 is 64.7 Å². The summed E-state index contributed by atoms with van der Waals surface area (Å²) in [5, 5.41) is 2.96. The first kappa shape index (κ1) is 55.1. The highest BCUT2D eigenvalue weighted by molar-refractivity contribution is 6.13. The van der Waals surface area contributed by atoms with Gasteiger partial charge in [0.15, 0.2) is 0 Å². The third-order valence-electron chi connectivity index (χ3n) is 7.37. The van der Waals surface area contributed by atoms with Gasteiger partial charge in [0.25, 0.3) is 11.8 Å². The molecule has 0 fully saturated rings. The summed E-state index contributed by atoms with van der Waals surface area (Å²) in [4.78, 5) is 61.8. The van der Waals surface area contributed by atoms with Gasteiger partial charge in [-0.05, 0) is 20.3 Å². The zero-order valence-electron chi connectivity index (χ0n) is 35.4. The Bertz CT molecular complexity index is 1040. The Hall–Kier alpha value is -3.03. The molecule has 0 saturated heterocycles. The fraction of sp³-hybridized carbons (Fsp3) is 0.821. The summed E-state index contributed by atoms with van der Waals surface area (Å²) in [6.07, 6.45) is 4.94. The number of amides is 5. The van der Waals surface area contributed by atoms with Crippen molar-refractivity contribution in [1.82, 2.24) is 15.1 Å². The molecule has 17 heteroatoms. The molecule has 0 unspecified atom stereocenters. The minimum absolute atomic E-state index is 0. The Kier molecular flexibility index (Phi) is 38.2. The number of imide groups is 1. The van der Waals surface area contributed by atoms with Crippen LogP contribution in [0.2, 0.25) is 0 Å². The van der Waals surface area contributed by atoms with Crippen LogP contribution in [0, 0.1) is 0 Å². The fourth-order valence-corrected chi connectivity index (χ4v) is 4.12. The first-order chi connectivity index (χ1) is 27.0. The molecule has 1 aliphatic rings. The van der Waals surface area contributed by atoms with E-state index in [1.807, 2.05) is 34.6 Å². The second kappa shape index (κ2) is 38.8. The van der Waals surface area contributed by atoms with Crippen molar-refractivity contribution in [3.63, 3.8) is 0 Å². The van der Waals surface area contributed by atoms with Gasteiger partial charge in [-0.15, -0.1) is 0 Å². The second-order valence-corrected chi connectivity index (χ2v) is 12.7. The number of nitrogens with zero attached hydrogens (tertiary/aromatic N) is 2. The Morgan fingerprint density at radius 1 is 0.625 bits per heavy atom. The van der Waals surface area contributed by atoms with E-state index >= 15 is 0 Å². The van der Waals surface area contributed by atoms with Gasteiger partial charge in [-0.1, -0.05) is 41.0 Å². The summed E-state index contributed by atoms with van der Waals surface area (Å²) < 4.78 is 43.8. The van der Waals surface area contributed by atoms with Gasteiger partial charge in [0.05, 0.1) is 106 Å². The highest BCUT2D eigenvalue weighted by Gasteiger charge is 2.25. The van der Waals surface area contributed by atoms with Gasteiger partial charge in [-0.25, -0.2) is 0 Å². The fourth-order valence-electron chi connectivity index (χ4n) is 4.12. The van der Waals surface area contributed by atoms with E-state index in [1.54, 1.807) is 4.90 Å². The maximum atomic E-state index is 12.9. The van der Waals surface area contributed by atoms with Crippen molar-refractivity contribution in [3.05, 3.63) is 12.2 Å². The van der Waals surface area contributed by atoms with Crippen LogP contribution in [-0.2, 0) is 61.9 Å². The number of nitrogens with one attached hydrogen (secondary N) is 1. The van der Waals surface area contributed by atoms with Gasteiger partial charge in [0, 0.05) is 59.4 Å². The molecule has 0 aliphatic carbocycles. The van der Waals surface area contributed by atoms with Gasteiger partial charge in [-0.2, -0.15) is 0 Å². The molecule has 0 radical (unpaired) electrons. The second-order valence-electron chi connectivity index (χ2n) is 12.7. The number of hydrogen-bond acceptors (Lipinski definition) is 13. The van der Waals surface area contributed by atoms with Crippen LogP contribution in [-0.4, -0.2) is 170 Å². The summed E-state index contributed by atoms with van der Waals surface area (Å²) in [6, 6.07) is 0. The van der Waals surface area contributed by atoms with Gasteiger partial charge in [0.2, 0.25) is 17.7 Å². The molecule has 0 saturated carbocycles. The topological polar surface area (TPSA) is 204 Å². The molecule has 0 aromatic rings. The van der Waals surface area contributed by atoms with Crippen LogP contribution < -0.4 is 11.1 Å². The highest BCUT2D eigenvalue weighted by atomic mass is 16.6. The zero-order valence-corrected chi connectivity index (χ0v) is 35.4. The molecule has 3 N–H and O–H groups in total. The van der Waals surface area contributed by atoms with Crippen LogP contribution in [0.1, 0.15) is 83.4 Å². The van der Waals surface area contributed by atoms with Crippen molar-refractivity contribution in [1.29, 1.82) is 0 Å². The molecule has 17 nitrogen and oxygen atoms in total. The van der Waals surface area contributed by atoms with E-state index in [-0.39, 0.29) is 59.4 Å². The third kappa shape index (κ3) is 34.2. The number of ether oxygens (including phenoxy) is 8. The molecule has 56 heavy (non-hydrogen) atoms. The summed E-state index contributed by atoms with van der Waals surface area (Å²) in [6.45, 7) is 20.4. The lowest BCUT2D eigenvalue weighted by Crippen LogP contribution is -2.43. The lowest BCUT2D eigenvalue weighted by atomic mass is 10.0. The molecule has 1 rings (SSSR count). The molecule has 5 amide bonds. The standard InChI is InChI=1S/C34H60N4O13.C3H8.C2H6.2H2/c1-4-34(2,3)36-30(40)9-14-45-18-22-49-26-28-51-24-20-47-16-12-37(31(41)7-10-38-32(42)5-6-33(38)43)11-15-46-19-23-50-27-25-48-21-17-44-13-8-29(35)39;1-3-2;1-2;;/h5-6H,4,7-28H2,1-3H3,(H2,35,39)(H,36,40);3H2,1-2H3;1-2H3;2*1H. The predicted octanol–water partition coefficient (Wildman–Crippen LogP) is 2.77. The van der Waals surface area contributed by atoms with Gasteiger partial charge < -0.3 is 53.8 Å². The van der Waals surface area contributed by atoms with Crippen molar-refractivity contribution >= 4 is 29.5 Å². The predicted molar refractivity (Wildman–Crippen MR) is 216 cm³/mol. The maximum Gasteiger partial charge on any atom is 0.253 e. The number of rotatable bonds is 35. The summed E-state index contributed by atoms with van der Waals surface area (Å²) in [5.41, 5.74) is 4.82. The average Bonchev–Trinajstić information content (AvgIpc) is 3.49. The van der Waals surface area contributed by atoms with E-state index < -0.39 is 17.7 Å². The van der Waals surface area contributed by atoms with Crippen LogP contribution in [0.3, 0.4) is 0 Å². The maximum absolute atomic E-state index is 12.9. The summed E-state index contributed by atoms with van der Waals surface area (Å²) in [5.74, 6) is -1.54. The number of carbonyl (C=O) groups excluding carboxylic acids is 5. The molecular weight excluding hydrogens is 732 g/mol. The van der Waals surface area contributed by atoms with E-state index in [0.717, 1.165) is 11.3 Å². The smallest absolute Gasteiger partial charge is 0.253 e. The van der Waals surface area contributed by atoms with Crippen LogP contribution in [0.4, 0.5) is 0 Å². The van der Waals surface area contributed by atoms with Crippen LogP contribution in [0.5, 0.6) is 0 Å². The molecule has 332 valence electrons. The van der Waals surface area contributed by atoms with Crippen LogP contribution in [0.15, 0.2) is 12.2 Å².